The highest BCUT2D eigenvalue weighted by Crippen LogP contribution is 2.24. The fourth-order valence-electron chi connectivity index (χ4n) is 2.82. The molecule has 1 aliphatic heterocycles. The lowest BCUT2D eigenvalue weighted by Crippen LogP contribution is -2.43. The van der Waals surface area contributed by atoms with E-state index >= 15 is 0 Å². The molecule has 24 heavy (non-hydrogen) atoms. The summed E-state index contributed by atoms with van der Waals surface area (Å²) in [6.45, 7) is 3.53. The normalized spacial score (nSPS) is 17.2. The van der Waals surface area contributed by atoms with Gasteiger partial charge in [-0.25, -0.2) is 0 Å². The molecule has 7 heteroatoms. The summed E-state index contributed by atoms with van der Waals surface area (Å²) in [6.07, 6.45) is 0.809. The molecule has 2 amide bonds. The fraction of sp³-hybridized carbons (Fsp3) is 0.529. The molecule has 0 aromatic heterocycles. The van der Waals surface area contributed by atoms with Gasteiger partial charge in [-0.3, -0.25) is 9.59 Å². The molecular formula is C17H25N3O4. The number of hydrogen-bond acceptors (Lipinski definition) is 5. The number of amides is 2. The number of anilines is 1. The van der Waals surface area contributed by atoms with Gasteiger partial charge in [0.25, 0.3) is 0 Å². The lowest BCUT2D eigenvalue weighted by Gasteiger charge is -2.31. The zero-order chi connectivity index (χ0) is 17.5. The van der Waals surface area contributed by atoms with Crippen LogP contribution in [0.25, 0.3) is 0 Å². The number of hydrogen-bond donors (Lipinski definition) is 3. The molecule has 1 fully saturated rings. The van der Waals surface area contributed by atoms with Gasteiger partial charge in [0.05, 0.1) is 5.69 Å². The average Bonchev–Trinajstić information content (AvgIpc) is 2.54. The first-order chi connectivity index (χ1) is 11.5. The van der Waals surface area contributed by atoms with Gasteiger partial charge in [0.1, 0.15) is 18.5 Å². The van der Waals surface area contributed by atoms with Crippen LogP contribution in [0.15, 0.2) is 24.3 Å². The van der Waals surface area contributed by atoms with Gasteiger partial charge < -0.3 is 25.8 Å². The second-order valence-corrected chi connectivity index (χ2v) is 6.12. The maximum Gasteiger partial charge on any atom is 0.221 e. The van der Waals surface area contributed by atoms with Gasteiger partial charge in [-0.1, -0.05) is 12.1 Å². The van der Waals surface area contributed by atoms with Crippen LogP contribution in [0.2, 0.25) is 0 Å². The van der Waals surface area contributed by atoms with Gasteiger partial charge in [0, 0.05) is 19.4 Å². The molecule has 4 N–H and O–H groups in total. The van der Waals surface area contributed by atoms with E-state index in [9.17, 15) is 14.7 Å². The standard InChI is InChI=1S/C17H25N3O4/c1-12(21)19-15-4-2-3-5-16(15)24-11-14(22)10-20-8-6-13(7-9-20)17(18)23/h2-5,13-14,22H,6-11H2,1H3,(H2,18,23)(H,19,21)/t14-/m0/s1. The maximum atomic E-state index is 11.2. The van der Waals surface area contributed by atoms with E-state index in [1.807, 2.05) is 6.07 Å². The number of nitrogens with two attached hydrogens (primary N) is 1. The number of aliphatic hydroxyl groups is 1. The van der Waals surface area contributed by atoms with Crippen LogP contribution in [0.4, 0.5) is 5.69 Å². The van der Waals surface area contributed by atoms with Crippen molar-refractivity contribution in [3.05, 3.63) is 24.3 Å². The van der Waals surface area contributed by atoms with Crippen molar-refractivity contribution in [2.45, 2.75) is 25.9 Å². The lowest BCUT2D eigenvalue weighted by molar-refractivity contribution is -0.123. The molecule has 1 aromatic carbocycles. The van der Waals surface area contributed by atoms with Crippen LogP contribution in [0, 0.1) is 5.92 Å². The number of primary amides is 1. The number of carbonyl (C=O) groups excluding carboxylic acids is 2. The Kier molecular flexibility index (Phi) is 6.57. The van der Waals surface area contributed by atoms with E-state index in [-0.39, 0.29) is 24.3 Å². The fourth-order valence-corrected chi connectivity index (χ4v) is 2.82. The molecule has 0 radical (unpaired) electrons. The molecule has 132 valence electrons. The predicted octanol–water partition coefficient (Wildman–Crippen LogP) is 0.582. The van der Waals surface area contributed by atoms with E-state index in [1.54, 1.807) is 18.2 Å². The number of piperidine rings is 1. The van der Waals surface area contributed by atoms with Crippen LogP contribution in [-0.4, -0.2) is 54.2 Å². The Balaban J connectivity index is 1.79. The summed E-state index contributed by atoms with van der Waals surface area (Å²) in [5, 5.41) is 12.9. The van der Waals surface area contributed by atoms with Gasteiger partial charge in [0.2, 0.25) is 11.8 Å². The SMILES string of the molecule is CC(=O)Nc1ccccc1OC[C@@H](O)CN1CCC(C(N)=O)CC1. The van der Waals surface area contributed by atoms with Gasteiger partial charge in [-0.15, -0.1) is 0 Å². The average molecular weight is 335 g/mol. The van der Waals surface area contributed by atoms with Crippen LogP contribution in [0.5, 0.6) is 5.75 Å². The Morgan fingerprint density at radius 2 is 2.04 bits per heavy atom. The van der Waals surface area contributed by atoms with Gasteiger partial charge >= 0.3 is 0 Å². The molecule has 0 spiro atoms. The molecule has 0 saturated carbocycles. The van der Waals surface area contributed by atoms with Crippen molar-refractivity contribution < 1.29 is 19.4 Å². The summed E-state index contributed by atoms with van der Waals surface area (Å²) in [6, 6.07) is 7.10. The van der Waals surface area contributed by atoms with Gasteiger partial charge in [-0.2, -0.15) is 0 Å². The number of aliphatic hydroxyl groups excluding tert-OH is 1. The molecule has 0 bridgehead atoms. The summed E-state index contributed by atoms with van der Waals surface area (Å²) < 4.78 is 5.64. The summed E-state index contributed by atoms with van der Waals surface area (Å²) in [7, 11) is 0. The summed E-state index contributed by atoms with van der Waals surface area (Å²) in [5.74, 6) is 0.0513. The Labute approximate surface area is 141 Å². The minimum absolute atomic E-state index is 0.0563. The molecule has 2 rings (SSSR count). The molecule has 1 atom stereocenters. The van der Waals surface area contributed by atoms with Crippen LogP contribution < -0.4 is 15.8 Å². The van der Waals surface area contributed by atoms with E-state index in [4.69, 9.17) is 10.5 Å². The minimum atomic E-state index is -0.652. The number of nitrogens with zero attached hydrogens (tertiary/aromatic N) is 1. The Hall–Kier alpha value is -2.12. The predicted molar refractivity (Wildman–Crippen MR) is 90.6 cm³/mol. The topological polar surface area (TPSA) is 105 Å². The molecule has 0 aliphatic carbocycles. The smallest absolute Gasteiger partial charge is 0.221 e. The quantitative estimate of drug-likeness (QED) is 0.676. The monoisotopic (exact) mass is 335 g/mol. The van der Waals surface area contributed by atoms with Crippen molar-refractivity contribution >= 4 is 17.5 Å². The first-order valence-corrected chi connectivity index (χ1v) is 8.15. The molecular weight excluding hydrogens is 310 g/mol. The third-order valence-corrected chi connectivity index (χ3v) is 4.09. The van der Waals surface area contributed by atoms with Crippen LogP contribution >= 0.6 is 0 Å². The number of rotatable bonds is 7. The van der Waals surface area contributed by atoms with Crippen molar-refractivity contribution in [3.8, 4) is 5.75 Å². The Morgan fingerprint density at radius 3 is 2.67 bits per heavy atom. The third kappa shape index (κ3) is 5.50. The first kappa shape index (κ1) is 18.2. The third-order valence-electron chi connectivity index (χ3n) is 4.09. The summed E-state index contributed by atoms with van der Waals surface area (Å²) >= 11 is 0. The van der Waals surface area contributed by atoms with Crippen molar-refractivity contribution in [2.24, 2.45) is 11.7 Å². The van der Waals surface area contributed by atoms with Crippen LogP contribution in [0.1, 0.15) is 19.8 Å². The zero-order valence-corrected chi connectivity index (χ0v) is 13.9. The van der Waals surface area contributed by atoms with Crippen LogP contribution in [0.3, 0.4) is 0 Å². The number of β-amino-alcohol motifs (C(OH)–C–C–N with tert-alkyl or cyclic N) is 1. The number of likely N-dealkylation sites (tertiary alicyclic amines) is 1. The van der Waals surface area contributed by atoms with Crippen molar-refractivity contribution in [1.82, 2.24) is 4.90 Å². The molecule has 7 nitrogen and oxygen atoms in total. The molecule has 1 saturated heterocycles. The van der Waals surface area contributed by atoms with E-state index in [0.29, 0.717) is 18.0 Å². The lowest BCUT2D eigenvalue weighted by atomic mass is 9.96. The highest BCUT2D eigenvalue weighted by atomic mass is 16.5. The molecule has 1 aromatic rings. The van der Waals surface area contributed by atoms with Crippen molar-refractivity contribution in [1.29, 1.82) is 0 Å². The Morgan fingerprint density at radius 1 is 1.38 bits per heavy atom. The largest absolute Gasteiger partial charge is 0.489 e. The highest BCUT2D eigenvalue weighted by Gasteiger charge is 2.24. The highest BCUT2D eigenvalue weighted by molar-refractivity contribution is 5.90. The van der Waals surface area contributed by atoms with E-state index in [1.165, 1.54) is 6.92 Å². The number of ether oxygens (including phenoxy) is 1. The van der Waals surface area contributed by atoms with E-state index < -0.39 is 6.10 Å². The van der Waals surface area contributed by atoms with E-state index in [2.05, 4.69) is 10.2 Å². The van der Waals surface area contributed by atoms with Crippen LogP contribution in [-0.2, 0) is 9.59 Å². The van der Waals surface area contributed by atoms with Crippen molar-refractivity contribution in [3.63, 3.8) is 0 Å². The Bertz CT molecular complexity index is 571. The van der Waals surface area contributed by atoms with Gasteiger partial charge in [0.15, 0.2) is 0 Å². The second kappa shape index (κ2) is 8.65. The number of para-hydroxylation sites is 2. The maximum absolute atomic E-state index is 11.2. The number of benzene rings is 1. The minimum Gasteiger partial charge on any atom is -0.489 e. The first-order valence-electron chi connectivity index (χ1n) is 8.15. The second-order valence-electron chi connectivity index (χ2n) is 6.12. The summed E-state index contributed by atoms with van der Waals surface area (Å²) in [5.41, 5.74) is 5.90. The van der Waals surface area contributed by atoms with Gasteiger partial charge in [-0.05, 0) is 38.1 Å². The number of nitrogens with one attached hydrogen (secondary N) is 1. The number of carbonyl (C=O) groups is 2. The van der Waals surface area contributed by atoms with Crippen molar-refractivity contribution in [2.75, 3.05) is 31.6 Å². The zero-order valence-electron chi connectivity index (χ0n) is 13.9. The molecule has 1 aliphatic rings. The summed E-state index contributed by atoms with van der Waals surface area (Å²) in [4.78, 5) is 24.4. The van der Waals surface area contributed by atoms with E-state index in [0.717, 1.165) is 25.9 Å². The molecule has 0 unspecified atom stereocenters. The molecule has 1 heterocycles.